The molecule has 0 aromatic heterocycles. The summed E-state index contributed by atoms with van der Waals surface area (Å²) in [5.74, 6) is 0.256. The molecule has 138 valence electrons. The van der Waals surface area contributed by atoms with Crippen LogP contribution in [-0.2, 0) is 4.79 Å². The maximum Gasteiger partial charge on any atom is 0.253 e. The molecule has 0 saturated heterocycles. The van der Waals surface area contributed by atoms with Crippen molar-refractivity contribution in [3.63, 3.8) is 0 Å². The van der Waals surface area contributed by atoms with Crippen molar-refractivity contribution in [3.05, 3.63) is 34.9 Å². The van der Waals surface area contributed by atoms with Gasteiger partial charge in [0.05, 0.1) is 16.7 Å². The van der Waals surface area contributed by atoms with Crippen LogP contribution in [0.4, 0.5) is 0 Å². The van der Waals surface area contributed by atoms with Crippen LogP contribution in [-0.4, -0.2) is 47.1 Å². The first-order valence-corrected chi connectivity index (χ1v) is 10.3. The van der Waals surface area contributed by atoms with Crippen molar-refractivity contribution in [1.29, 1.82) is 0 Å². The molecule has 1 aliphatic rings. The van der Waals surface area contributed by atoms with E-state index in [9.17, 15) is 14.7 Å². The van der Waals surface area contributed by atoms with E-state index in [-0.39, 0.29) is 24.0 Å². The largest absolute Gasteiger partial charge is 0.393 e. The Bertz CT molecular complexity index is 591. The summed E-state index contributed by atoms with van der Waals surface area (Å²) in [6.07, 6.45) is 5.19. The van der Waals surface area contributed by atoms with Crippen LogP contribution >= 0.6 is 23.4 Å². The first-order valence-electron chi connectivity index (χ1n) is 8.54. The number of hydrogen-bond donors (Lipinski definition) is 3. The summed E-state index contributed by atoms with van der Waals surface area (Å²) in [6, 6.07) is 6.26. The van der Waals surface area contributed by atoms with Gasteiger partial charge in [0.2, 0.25) is 5.91 Å². The minimum Gasteiger partial charge on any atom is -0.393 e. The second kappa shape index (κ2) is 10.0. The summed E-state index contributed by atoms with van der Waals surface area (Å²) in [5, 5.41) is 15.8. The Hall–Kier alpha value is -1.24. The number of thioether (sulfide) groups is 1. The van der Waals surface area contributed by atoms with E-state index in [0.717, 1.165) is 18.6 Å². The third-order valence-electron chi connectivity index (χ3n) is 4.39. The maximum atomic E-state index is 12.6. The molecule has 7 heteroatoms. The highest BCUT2D eigenvalue weighted by Gasteiger charge is 2.26. The zero-order valence-electron chi connectivity index (χ0n) is 14.3. The van der Waals surface area contributed by atoms with Crippen LogP contribution in [0.5, 0.6) is 0 Å². The fraction of sp³-hybridized carbons (Fsp3) is 0.556. The molecule has 1 aromatic carbocycles. The fourth-order valence-electron chi connectivity index (χ4n) is 2.91. The van der Waals surface area contributed by atoms with Crippen molar-refractivity contribution in [2.75, 3.05) is 12.0 Å². The lowest BCUT2D eigenvalue weighted by Crippen LogP contribution is -2.50. The predicted octanol–water partition coefficient (Wildman–Crippen LogP) is 2.61. The summed E-state index contributed by atoms with van der Waals surface area (Å²) < 4.78 is 0. The first-order chi connectivity index (χ1) is 12.0. The third kappa shape index (κ3) is 6.20. The molecule has 0 aliphatic heterocycles. The van der Waals surface area contributed by atoms with Crippen LogP contribution in [0.2, 0.25) is 5.02 Å². The van der Waals surface area contributed by atoms with Crippen molar-refractivity contribution in [3.8, 4) is 0 Å². The monoisotopic (exact) mass is 384 g/mol. The topological polar surface area (TPSA) is 78.4 Å². The average molecular weight is 385 g/mol. The number of aliphatic hydroxyl groups is 1. The van der Waals surface area contributed by atoms with Crippen LogP contribution in [0.1, 0.15) is 42.5 Å². The molecule has 0 spiro atoms. The number of rotatable bonds is 7. The van der Waals surface area contributed by atoms with Gasteiger partial charge >= 0.3 is 0 Å². The molecule has 1 aromatic rings. The Kier molecular flexibility index (Phi) is 8.06. The zero-order chi connectivity index (χ0) is 18.2. The van der Waals surface area contributed by atoms with Gasteiger partial charge in [-0.1, -0.05) is 23.7 Å². The number of amides is 2. The van der Waals surface area contributed by atoms with Crippen LogP contribution in [0.25, 0.3) is 0 Å². The lowest BCUT2D eigenvalue weighted by Gasteiger charge is -2.28. The number of nitrogens with one attached hydrogen (secondary N) is 2. The number of carbonyl (C=O) groups is 2. The number of aliphatic hydroxyl groups excluding tert-OH is 1. The summed E-state index contributed by atoms with van der Waals surface area (Å²) in [5.41, 5.74) is 0.368. The standard InChI is InChI=1S/C18H25ClN2O3S/c1-25-11-10-16(18(24)20-12-6-8-13(22)9-7-12)21-17(23)14-4-2-3-5-15(14)19/h2-5,12-13,16,22H,6-11H2,1H3,(H,20,24)(H,21,23). The highest BCUT2D eigenvalue weighted by molar-refractivity contribution is 7.98. The zero-order valence-corrected chi connectivity index (χ0v) is 15.9. The molecule has 1 atom stereocenters. The molecule has 1 aliphatic carbocycles. The predicted molar refractivity (Wildman–Crippen MR) is 102 cm³/mol. The van der Waals surface area contributed by atoms with Gasteiger partial charge in [0, 0.05) is 6.04 Å². The number of halogens is 1. The summed E-state index contributed by atoms with van der Waals surface area (Å²) in [4.78, 5) is 25.1. The SMILES string of the molecule is CSCCC(NC(=O)c1ccccc1Cl)C(=O)NC1CCC(O)CC1. The van der Waals surface area contributed by atoms with Crippen LogP contribution in [0.15, 0.2) is 24.3 Å². The van der Waals surface area contributed by atoms with E-state index in [1.165, 1.54) is 0 Å². The quantitative estimate of drug-likeness (QED) is 0.675. The summed E-state index contributed by atoms with van der Waals surface area (Å²) in [6.45, 7) is 0. The minimum absolute atomic E-state index is 0.0601. The molecule has 5 nitrogen and oxygen atoms in total. The van der Waals surface area contributed by atoms with Crippen LogP contribution < -0.4 is 10.6 Å². The number of hydrogen-bond acceptors (Lipinski definition) is 4. The van der Waals surface area contributed by atoms with E-state index >= 15 is 0 Å². The van der Waals surface area contributed by atoms with E-state index in [1.807, 2.05) is 6.26 Å². The maximum absolute atomic E-state index is 12.6. The Morgan fingerprint density at radius 1 is 1.28 bits per heavy atom. The highest BCUT2D eigenvalue weighted by Crippen LogP contribution is 2.19. The van der Waals surface area contributed by atoms with Crippen LogP contribution in [0.3, 0.4) is 0 Å². The second-order valence-corrected chi connectivity index (χ2v) is 7.69. The van der Waals surface area contributed by atoms with Gasteiger partial charge in [-0.2, -0.15) is 11.8 Å². The molecule has 0 radical (unpaired) electrons. The summed E-state index contributed by atoms with van der Waals surface area (Å²) >= 11 is 7.70. The van der Waals surface area contributed by atoms with Crippen molar-refractivity contribution in [1.82, 2.24) is 10.6 Å². The lowest BCUT2D eigenvalue weighted by atomic mass is 9.93. The Morgan fingerprint density at radius 2 is 1.96 bits per heavy atom. The molecule has 0 bridgehead atoms. The number of carbonyl (C=O) groups excluding carboxylic acids is 2. The van der Waals surface area contributed by atoms with E-state index in [4.69, 9.17) is 11.6 Å². The van der Waals surface area contributed by atoms with Gasteiger partial charge in [0.1, 0.15) is 6.04 Å². The Labute approximate surface area is 157 Å². The van der Waals surface area contributed by atoms with Crippen LogP contribution in [0, 0.1) is 0 Å². The first kappa shape index (κ1) is 20.1. The van der Waals surface area contributed by atoms with Gasteiger partial charge in [-0.15, -0.1) is 0 Å². The molecular weight excluding hydrogens is 360 g/mol. The minimum atomic E-state index is -0.594. The van der Waals surface area contributed by atoms with Crippen molar-refractivity contribution in [2.24, 2.45) is 0 Å². The molecular formula is C18H25ClN2O3S. The average Bonchev–Trinajstić information content (AvgIpc) is 2.60. The van der Waals surface area contributed by atoms with Gasteiger partial charge in [-0.05, 0) is 56.2 Å². The smallest absolute Gasteiger partial charge is 0.253 e. The van der Waals surface area contributed by atoms with Gasteiger partial charge < -0.3 is 15.7 Å². The molecule has 2 amide bonds. The number of benzene rings is 1. The van der Waals surface area contributed by atoms with Gasteiger partial charge in [0.15, 0.2) is 0 Å². The van der Waals surface area contributed by atoms with Crippen molar-refractivity contribution in [2.45, 2.75) is 50.3 Å². The normalized spacial score (nSPS) is 21.4. The van der Waals surface area contributed by atoms with Gasteiger partial charge in [-0.25, -0.2) is 0 Å². The molecule has 1 fully saturated rings. The third-order valence-corrected chi connectivity index (χ3v) is 5.37. The van der Waals surface area contributed by atoms with Gasteiger partial charge in [-0.3, -0.25) is 9.59 Å². The molecule has 1 saturated carbocycles. The molecule has 1 unspecified atom stereocenters. The highest BCUT2D eigenvalue weighted by atomic mass is 35.5. The lowest BCUT2D eigenvalue weighted by molar-refractivity contribution is -0.124. The Morgan fingerprint density at radius 3 is 2.60 bits per heavy atom. The van der Waals surface area contributed by atoms with E-state index in [1.54, 1.807) is 36.0 Å². The Balaban J connectivity index is 1.98. The molecule has 25 heavy (non-hydrogen) atoms. The van der Waals surface area contributed by atoms with Gasteiger partial charge in [0.25, 0.3) is 5.91 Å². The van der Waals surface area contributed by atoms with Crippen molar-refractivity contribution >= 4 is 35.2 Å². The van der Waals surface area contributed by atoms with E-state index in [2.05, 4.69) is 10.6 Å². The molecule has 0 heterocycles. The second-order valence-electron chi connectivity index (χ2n) is 6.30. The summed E-state index contributed by atoms with van der Waals surface area (Å²) in [7, 11) is 0. The molecule has 3 N–H and O–H groups in total. The fourth-order valence-corrected chi connectivity index (χ4v) is 3.60. The molecule has 2 rings (SSSR count). The van der Waals surface area contributed by atoms with E-state index in [0.29, 0.717) is 29.8 Å². The van der Waals surface area contributed by atoms with E-state index < -0.39 is 6.04 Å². The van der Waals surface area contributed by atoms with Crippen molar-refractivity contribution < 1.29 is 14.7 Å².